The molecule has 5 nitrogen and oxygen atoms in total. The quantitative estimate of drug-likeness (QED) is 0.749. The molecule has 1 saturated heterocycles. The lowest BCUT2D eigenvalue weighted by Crippen LogP contribution is -2.18. The molecule has 0 unspecified atom stereocenters. The van der Waals surface area contributed by atoms with Crippen molar-refractivity contribution in [1.29, 1.82) is 0 Å². The summed E-state index contributed by atoms with van der Waals surface area (Å²) in [6.45, 7) is 5.47. The number of amides is 1. The molecule has 1 fully saturated rings. The maximum atomic E-state index is 12.1. The molecule has 2 aromatic rings. The minimum absolute atomic E-state index is 0.0114. The van der Waals surface area contributed by atoms with Crippen molar-refractivity contribution in [2.24, 2.45) is 0 Å². The molecule has 0 radical (unpaired) electrons. The molecule has 2 N–H and O–H groups in total. The number of nitrogens with one attached hydrogen (secondary N) is 2. The van der Waals surface area contributed by atoms with Crippen LogP contribution in [-0.2, 0) is 4.79 Å². The normalized spacial score (nSPS) is 13.5. The third-order valence-corrected chi connectivity index (χ3v) is 4.47. The van der Waals surface area contributed by atoms with Crippen LogP contribution in [0, 0.1) is 0 Å². The van der Waals surface area contributed by atoms with Crippen LogP contribution in [0.4, 0.5) is 17.1 Å². The van der Waals surface area contributed by atoms with Gasteiger partial charge in [0, 0.05) is 43.1 Å². The first-order chi connectivity index (χ1) is 12.7. The predicted octanol–water partition coefficient (Wildman–Crippen LogP) is 4.13. The first-order valence-electron chi connectivity index (χ1n) is 9.36. The van der Waals surface area contributed by atoms with Crippen molar-refractivity contribution < 1.29 is 9.53 Å². The molecule has 1 amide bonds. The number of benzene rings is 2. The van der Waals surface area contributed by atoms with Crippen molar-refractivity contribution in [3.05, 3.63) is 48.5 Å². The number of ether oxygens (including phenoxy) is 1. The maximum absolute atomic E-state index is 12.1. The molecule has 0 aromatic heterocycles. The number of carbonyl (C=O) groups is 1. The summed E-state index contributed by atoms with van der Waals surface area (Å²) in [4.78, 5) is 14.5. The van der Waals surface area contributed by atoms with Crippen LogP contribution in [0.15, 0.2) is 48.5 Å². The molecule has 1 heterocycles. The Morgan fingerprint density at radius 1 is 1.00 bits per heavy atom. The molecule has 1 aliphatic heterocycles. The number of anilines is 3. The number of rotatable bonds is 8. The SMILES string of the molecule is CCOc1ccc(NCCC(=O)Nc2ccc(N3CCCC3)cc2)cc1. The second-order valence-corrected chi connectivity index (χ2v) is 6.42. The van der Waals surface area contributed by atoms with Crippen molar-refractivity contribution >= 4 is 23.0 Å². The molecular formula is C21H27N3O2. The zero-order valence-electron chi connectivity index (χ0n) is 15.3. The van der Waals surface area contributed by atoms with Crippen molar-refractivity contribution in [3.63, 3.8) is 0 Å². The molecule has 0 aliphatic carbocycles. The fourth-order valence-electron chi connectivity index (χ4n) is 3.11. The number of hydrogen-bond donors (Lipinski definition) is 2. The van der Waals surface area contributed by atoms with Crippen molar-refractivity contribution in [3.8, 4) is 5.75 Å². The van der Waals surface area contributed by atoms with Crippen LogP contribution < -0.4 is 20.3 Å². The van der Waals surface area contributed by atoms with Gasteiger partial charge >= 0.3 is 0 Å². The summed E-state index contributed by atoms with van der Waals surface area (Å²) in [7, 11) is 0. The first-order valence-corrected chi connectivity index (χ1v) is 9.36. The van der Waals surface area contributed by atoms with Gasteiger partial charge in [-0.15, -0.1) is 0 Å². The van der Waals surface area contributed by atoms with Crippen molar-refractivity contribution in [2.75, 3.05) is 41.8 Å². The molecule has 0 bridgehead atoms. The minimum atomic E-state index is 0.0114. The zero-order valence-corrected chi connectivity index (χ0v) is 15.3. The van der Waals surface area contributed by atoms with E-state index in [9.17, 15) is 4.79 Å². The smallest absolute Gasteiger partial charge is 0.226 e. The van der Waals surface area contributed by atoms with E-state index >= 15 is 0 Å². The summed E-state index contributed by atoms with van der Waals surface area (Å²) >= 11 is 0. The largest absolute Gasteiger partial charge is 0.494 e. The highest BCUT2D eigenvalue weighted by Crippen LogP contribution is 2.22. The highest BCUT2D eigenvalue weighted by molar-refractivity contribution is 5.91. The topological polar surface area (TPSA) is 53.6 Å². The molecule has 2 aromatic carbocycles. The second-order valence-electron chi connectivity index (χ2n) is 6.42. The fraction of sp³-hybridized carbons (Fsp3) is 0.381. The average Bonchev–Trinajstić information content (AvgIpc) is 3.19. The Morgan fingerprint density at radius 3 is 2.31 bits per heavy atom. The van der Waals surface area contributed by atoms with Crippen LogP contribution in [0.3, 0.4) is 0 Å². The Morgan fingerprint density at radius 2 is 1.65 bits per heavy atom. The van der Waals surface area contributed by atoms with Crippen LogP contribution in [0.1, 0.15) is 26.2 Å². The summed E-state index contributed by atoms with van der Waals surface area (Å²) in [5, 5.41) is 6.21. The summed E-state index contributed by atoms with van der Waals surface area (Å²) < 4.78 is 5.42. The van der Waals surface area contributed by atoms with E-state index in [2.05, 4.69) is 27.7 Å². The lowest BCUT2D eigenvalue weighted by Gasteiger charge is -2.17. The Labute approximate surface area is 155 Å². The summed E-state index contributed by atoms with van der Waals surface area (Å²) in [5.74, 6) is 0.866. The zero-order chi connectivity index (χ0) is 18.2. The van der Waals surface area contributed by atoms with Gasteiger partial charge in [0.15, 0.2) is 0 Å². The number of nitrogens with zero attached hydrogens (tertiary/aromatic N) is 1. The van der Waals surface area contributed by atoms with E-state index in [4.69, 9.17) is 4.74 Å². The van der Waals surface area contributed by atoms with E-state index in [1.807, 2.05) is 43.3 Å². The summed E-state index contributed by atoms with van der Waals surface area (Å²) in [6, 6.07) is 15.9. The molecule has 5 heteroatoms. The van der Waals surface area contributed by atoms with Crippen LogP contribution in [0.2, 0.25) is 0 Å². The van der Waals surface area contributed by atoms with Gasteiger partial charge in [0.1, 0.15) is 5.75 Å². The Kier molecular flexibility index (Phi) is 6.36. The summed E-state index contributed by atoms with van der Waals surface area (Å²) in [6.07, 6.45) is 2.95. The molecule has 1 aliphatic rings. The third kappa shape index (κ3) is 5.15. The standard InChI is InChI=1S/C21H27N3O2/c1-2-26-20-11-7-17(8-12-20)22-14-13-21(25)23-18-5-9-19(10-6-18)24-15-3-4-16-24/h5-12,22H,2-4,13-16H2,1H3,(H,23,25). The molecule has 26 heavy (non-hydrogen) atoms. The van der Waals surface area contributed by atoms with E-state index < -0.39 is 0 Å². The summed E-state index contributed by atoms with van der Waals surface area (Å²) in [5.41, 5.74) is 3.06. The van der Waals surface area contributed by atoms with E-state index in [0.29, 0.717) is 19.6 Å². The van der Waals surface area contributed by atoms with Crippen LogP contribution in [0.25, 0.3) is 0 Å². The highest BCUT2D eigenvalue weighted by Gasteiger charge is 2.12. The maximum Gasteiger partial charge on any atom is 0.226 e. The molecule has 0 atom stereocenters. The lowest BCUT2D eigenvalue weighted by molar-refractivity contribution is -0.115. The van der Waals surface area contributed by atoms with E-state index in [1.165, 1.54) is 18.5 Å². The predicted molar refractivity (Wildman–Crippen MR) is 107 cm³/mol. The van der Waals surface area contributed by atoms with Gasteiger partial charge in [-0.25, -0.2) is 0 Å². The van der Waals surface area contributed by atoms with Crippen molar-refractivity contribution in [2.45, 2.75) is 26.2 Å². The van der Waals surface area contributed by atoms with Crippen LogP contribution in [0.5, 0.6) is 5.75 Å². The molecule has 3 rings (SSSR count). The monoisotopic (exact) mass is 353 g/mol. The van der Waals surface area contributed by atoms with Gasteiger partial charge in [-0.1, -0.05) is 0 Å². The van der Waals surface area contributed by atoms with Gasteiger partial charge in [-0.3, -0.25) is 4.79 Å². The Bertz CT molecular complexity index is 692. The number of hydrogen-bond acceptors (Lipinski definition) is 4. The number of carbonyl (C=O) groups excluding carboxylic acids is 1. The average molecular weight is 353 g/mol. The van der Waals surface area contributed by atoms with Gasteiger partial charge in [0.05, 0.1) is 6.61 Å². The molecule has 0 saturated carbocycles. The van der Waals surface area contributed by atoms with Gasteiger partial charge in [-0.05, 0) is 68.3 Å². The van der Waals surface area contributed by atoms with Crippen LogP contribution >= 0.6 is 0 Å². The lowest BCUT2D eigenvalue weighted by atomic mass is 10.2. The Balaban J connectivity index is 1.40. The first kappa shape index (κ1) is 18.1. The van der Waals surface area contributed by atoms with Crippen LogP contribution in [-0.4, -0.2) is 32.1 Å². The van der Waals surface area contributed by atoms with E-state index in [0.717, 1.165) is 30.2 Å². The van der Waals surface area contributed by atoms with E-state index in [-0.39, 0.29) is 5.91 Å². The molecular weight excluding hydrogens is 326 g/mol. The van der Waals surface area contributed by atoms with Gasteiger partial charge < -0.3 is 20.3 Å². The third-order valence-electron chi connectivity index (χ3n) is 4.47. The Hall–Kier alpha value is -2.69. The second kappa shape index (κ2) is 9.13. The van der Waals surface area contributed by atoms with Gasteiger partial charge in [0.25, 0.3) is 0 Å². The van der Waals surface area contributed by atoms with E-state index in [1.54, 1.807) is 0 Å². The van der Waals surface area contributed by atoms with Crippen molar-refractivity contribution in [1.82, 2.24) is 0 Å². The fourth-order valence-corrected chi connectivity index (χ4v) is 3.11. The van der Waals surface area contributed by atoms with Gasteiger partial charge in [-0.2, -0.15) is 0 Å². The molecule has 138 valence electrons. The molecule has 0 spiro atoms. The highest BCUT2D eigenvalue weighted by atomic mass is 16.5. The minimum Gasteiger partial charge on any atom is -0.494 e. The van der Waals surface area contributed by atoms with Gasteiger partial charge in [0.2, 0.25) is 5.91 Å².